The molecule has 1 aliphatic rings. The second-order valence-corrected chi connectivity index (χ2v) is 6.90. The molecular formula is C14H15N5OS2. The molecule has 0 radical (unpaired) electrons. The molecule has 0 amide bonds. The maximum absolute atomic E-state index is 5.30. The van der Waals surface area contributed by atoms with Crippen molar-refractivity contribution >= 4 is 23.1 Å². The van der Waals surface area contributed by atoms with Crippen LogP contribution in [0.25, 0.3) is 11.5 Å². The fourth-order valence-electron chi connectivity index (χ4n) is 2.29. The van der Waals surface area contributed by atoms with Crippen LogP contribution in [0.1, 0.15) is 37.3 Å². The molecule has 0 bridgehead atoms. The van der Waals surface area contributed by atoms with Crippen molar-refractivity contribution in [2.45, 2.75) is 43.1 Å². The molecule has 3 aromatic rings. The quantitative estimate of drug-likeness (QED) is 0.642. The highest BCUT2D eigenvalue weighted by atomic mass is 32.2. The summed E-state index contributed by atoms with van der Waals surface area (Å²) in [4.78, 5) is 4.43. The fourth-order valence-corrected chi connectivity index (χ4v) is 3.77. The zero-order valence-electron chi connectivity index (χ0n) is 12.1. The van der Waals surface area contributed by atoms with Crippen molar-refractivity contribution in [3.63, 3.8) is 0 Å². The normalized spacial score (nSPS) is 14.6. The Morgan fingerprint density at radius 1 is 1.41 bits per heavy atom. The van der Waals surface area contributed by atoms with E-state index < -0.39 is 0 Å². The number of thiophene rings is 1. The first-order chi connectivity index (χ1) is 10.8. The first-order valence-electron chi connectivity index (χ1n) is 7.26. The molecule has 0 aliphatic heterocycles. The maximum atomic E-state index is 5.30. The summed E-state index contributed by atoms with van der Waals surface area (Å²) in [6, 6.07) is 1.98. The van der Waals surface area contributed by atoms with E-state index in [1.54, 1.807) is 23.1 Å². The third-order valence-electron chi connectivity index (χ3n) is 3.57. The van der Waals surface area contributed by atoms with Crippen molar-refractivity contribution < 1.29 is 4.52 Å². The van der Waals surface area contributed by atoms with Crippen molar-refractivity contribution in [3.05, 3.63) is 28.5 Å². The minimum absolute atomic E-state index is 0.576. The molecule has 0 N–H and O–H groups in total. The van der Waals surface area contributed by atoms with E-state index in [4.69, 9.17) is 4.52 Å². The van der Waals surface area contributed by atoms with Gasteiger partial charge in [-0.25, -0.2) is 0 Å². The molecule has 0 aromatic carbocycles. The van der Waals surface area contributed by atoms with Crippen LogP contribution >= 0.6 is 23.1 Å². The monoisotopic (exact) mass is 333 g/mol. The van der Waals surface area contributed by atoms with E-state index in [-0.39, 0.29) is 0 Å². The lowest BCUT2D eigenvalue weighted by molar-refractivity contribution is 0.425. The summed E-state index contributed by atoms with van der Waals surface area (Å²) in [5.41, 5.74) is 0.974. The van der Waals surface area contributed by atoms with E-state index >= 15 is 0 Å². The first kappa shape index (κ1) is 14.0. The zero-order chi connectivity index (χ0) is 14.9. The minimum Gasteiger partial charge on any atom is -0.334 e. The van der Waals surface area contributed by atoms with Crippen LogP contribution in [0, 0.1) is 0 Å². The van der Waals surface area contributed by atoms with Gasteiger partial charge in [0.2, 0.25) is 0 Å². The summed E-state index contributed by atoms with van der Waals surface area (Å²) in [5.74, 6) is 3.63. The van der Waals surface area contributed by atoms with Gasteiger partial charge in [0.1, 0.15) is 5.82 Å². The molecular weight excluding hydrogens is 318 g/mol. The van der Waals surface area contributed by atoms with E-state index in [1.807, 2.05) is 16.8 Å². The van der Waals surface area contributed by atoms with Gasteiger partial charge < -0.3 is 9.09 Å². The average molecular weight is 333 g/mol. The van der Waals surface area contributed by atoms with Gasteiger partial charge in [-0.1, -0.05) is 16.9 Å². The first-order valence-corrected chi connectivity index (χ1v) is 9.19. The number of nitrogens with zero attached hydrogens (tertiary/aromatic N) is 5. The predicted octanol–water partition coefficient (Wildman–Crippen LogP) is 3.58. The summed E-state index contributed by atoms with van der Waals surface area (Å²) in [6.45, 7) is 3.02. The van der Waals surface area contributed by atoms with E-state index in [9.17, 15) is 0 Å². The highest BCUT2D eigenvalue weighted by Gasteiger charge is 2.30. The molecule has 3 heterocycles. The topological polar surface area (TPSA) is 69.6 Å². The average Bonchev–Trinajstić information content (AvgIpc) is 3.00. The molecule has 0 spiro atoms. The number of aromatic nitrogens is 5. The van der Waals surface area contributed by atoms with Gasteiger partial charge in [0.05, 0.1) is 11.3 Å². The lowest BCUT2D eigenvalue weighted by Gasteiger charge is -2.04. The summed E-state index contributed by atoms with van der Waals surface area (Å²) >= 11 is 3.22. The van der Waals surface area contributed by atoms with Crippen LogP contribution in [0.2, 0.25) is 0 Å². The second-order valence-electron chi connectivity index (χ2n) is 5.18. The molecule has 0 atom stereocenters. The third-order valence-corrected chi connectivity index (χ3v) is 5.22. The summed E-state index contributed by atoms with van der Waals surface area (Å²) < 4.78 is 7.49. The van der Waals surface area contributed by atoms with Gasteiger partial charge in [-0.05, 0) is 31.2 Å². The van der Waals surface area contributed by atoms with Crippen LogP contribution in [-0.2, 0) is 12.3 Å². The number of rotatable bonds is 6. The van der Waals surface area contributed by atoms with Crippen molar-refractivity contribution in [1.29, 1.82) is 0 Å². The van der Waals surface area contributed by atoms with Crippen LogP contribution in [0.4, 0.5) is 0 Å². The molecule has 1 aliphatic carbocycles. The van der Waals surface area contributed by atoms with Gasteiger partial charge in [0, 0.05) is 17.8 Å². The molecule has 0 saturated heterocycles. The van der Waals surface area contributed by atoms with Crippen LogP contribution < -0.4 is 0 Å². The number of hydrogen-bond acceptors (Lipinski definition) is 7. The summed E-state index contributed by atoms with van der Waals surface area (Å²) in [7, 11) is 0. The highest BCUT2D eigenvalue weighted by molar-refractivity contribution is 7.98. The van der Waals surface area contributed by atoms with Crippen molar-refractivity contribution in [1.82, 2.24) is 24.9 Å². The van der Waals surface area contributed by atoms with E-state index in [0.717, 1.165) is 23.1 Å². The number of thioether (sulfide) groups is 1. The van der Waals surface area contributed by atoms with E-state index in [1.165, 1.54) is 12.8 Å². The Morgan fingerprint density at radius 2 is 2.32 bits per heavy atom. The molecule has 114 valence electrons. The van der Waals surface area contributed by atoms with Crippen LogP contribution in [0.5, 0.6) is 0 Å². The minimum atomic E-state index is 0.576. The summed E-state index contributed by atoms with van der Waals surface area (Å²) in [5, 5.41) is 17.6. The van der Waals surface area contributed by atoms with Gasteiger partial charge in [0.25, 0.3) is 5.89 Å². The van der Waals surface area contributed by atoms with Gasteiger partial charge in [-0.2, -0.15) is 16.3 Å². The van der Waals surface area contributed by atoms with Crippen molar-refractivity contribution in [2.24, 2.45) is 0 Å². The number of hydrogen-bond donors (Lipinski definition) is 0. The fraction of sp³-hybridized carbons (Fsp3) is 0.429. The molecule has 0 unspecified atom stereocenters. The Hall–Kier alpha value is -1.67. The Balaban J connectivity index is 1.46. The SMILES string of the molecule is CCn1c(SCc2noc(-c3ccsc3)n2)nnc1C1CC1. The standard InChI is InChI=1S/C14H15N5OS2/c1-2-19-12(9-3-4-9)16-17-14(19)22-8-11-15-13(20-18-11)10-5-6-21-7-10/h5-7,9H,2-4,8H2,1H3. The van der Waals surface area contributed by atoms with Gasteiger partial charge in [-0.15, -0.1) is 10.2 Å². The van der Waals surface area contributed by atoms with Crippen LogP contribution in [0.15, 0.2) is 26.5 Å². The molecule has 1 fully saturated rings. The molecule has 6 nitrogen and oxygen atoms in total. The van der Waals surface area contributed by atoms with Crippen molar-refractivity contribution in [2.75, 3.05) is 0 Å². The van der Waals surface area contributed by atoms with Crippen LogP contribution in [-0.4, -0.2) is 24.9 Å². The molecule has 22 heavy (non-hydrogen) atoms. The van der Waals surface area contributed by atoms with Gasteiger partial charge >= 0.3 is 0 Å². The smallest absolute Gasteiger partial charge is 0.258 e. The Morgan fingerprint density at radius 3 is 3.05 bits per heavy atom. The predicted molar refractivity (Wildman–Crippen MR) is 84.8 cm³/mol. The summed E-state index contributed by atoms with van der Waals surface area (Å²) in [6.07, 6.45) is 2.47. The Labute approximate surface area is 136 Å². The van der Waals surface area contributed by atoms with Crippen molar-refractivity contribution in [3.8, 4) is 11.5 Å². The molecule has 1 saturated carbocycles. The Kier molecular flexibility index (Phi) is 3.71. The Bertz CT molecular complexity index is 760. The second kappa shape index (κ2) is 5.85. The molecule has 4 rings (SSSR count). The van der Waals surface area contributed by atoms with Gasteiger partial charge in [-0.3, -0.25) is 0 Å². The van der Waals surface area contributed by atoms with E-state index in [0.29, 0.717) is 23.4 Å². The largest absolute Gasteiger partial charge is 0.334 e. The highest BCUT2D eigenvalue weighted by Crippen LogP contribution is 2.40. The van der Waals surface area contributed by atoms with E-state index in [2.05, 4.69) is 31.8 Å². The lowest BCUT2D eigenvalue weighted by atomic mass is 10.3. The molecule has 3 aromatic heterocycles. The third kappa shape index (κ3) is 2.68. The zero-order valence-corrected chi connectivity index (χ0v) is 13.7. The lowest BCUT2D eigenvalue weighted by Crippen LogP contribution is -2.02. The molecule has 8 heteroatoms. The van der Waals surface area contributed by atoms with Crippen LogP contribution in [0.3, 0.4) is 0 Å². The van der Waals surface area contributed by atoms with Gasteiger partial charge in [0.15, 0.2) is 11.0 Å². The maximum Gasteiger partial charge on any atom is 0.258 e.